The van der Waals surface area contributed by atoms with Gasteiger partial charge in [-0.25, -0.2) is 4.98 Å². The molecule has 2 heterocycles. The van der Waals surface area contributed by atoms with Gasteiger partial charge in [0.15, 0.2) is 11.5 Å². The number of hydrogen-bond acceptors (Lipinski definition) is 4. The van der Waals surface area contributed by atoms with Crippen molar-refractivity contribution in [3.63, 3.8) is 0 Å². The maximum Gasteiger partial charge on any atom is 0.227 e. The first-order valence-corrected chi connectivity index (χ1v) is 8.56. The van der Waals surface area contributed by atoms with Gasteiger partial charge in [-0.3, -0.25) is 4.79 Å². The van der Waals surface area contributed by atoms with Crippen molar-refractivity contribution in [2.24, 2.45) is 0 Å². The summed E-state index contributed by atoms with van der Waals surface area (Å²) in [7, 11) is 3.18. The SMILES string of the molecule is CCN(Cc1cnc2ccccn12)C(=O)Cc1ccc(OC)c(OC)c1. The molecule has 3 rings (SSSR count). The minimum atomic E-state index is 0.0607. The first-order valence-electron chi connectivity index (χ1n) is 8.56. The van der Waals surface area contributed by atoms with E-state index < -0.39 is 0 Å². The molecule has 6 nitrogen and oxygen atoms in total. The van der Waals surface area contributed by atoms with Crippen LogP contribution in [0.5, 0.6) is 11.5 Å². The van der Waals surface area contributed by atoms with Crippen LogP contribution in [0.25, 0.3) is 5.65 Å². The largest absolute Gasteiger partial charge is 0.493 e. The van der Waals surface area contributed by atoms with E-state index in [0.717, 1.165) is 16.9 Å². The Morgan fingerprint density at radius 2 is 1.96 bits per heavy atom. The first-order chi connectivity index (χ1) is 12.7. The van der Waals surface area contributed by atoms with Crippen molar-refractivity contribution in [1.82, 2.24) is 14.3 Å². The molecule has 0 unspecified atom stereocenters. The van der Waals surface area contributed by atoms with Gasteiger partial charge in [-0.15, -0.1) is 0 Å². The van der Waals surface area contributed by atoms with E-state index in [0.29, 0.717) is 31.0 Å². The Bertz CT molecular complexity index is 904. The van der Waals surface area contributed by atoms with Crippen molar-refractivity contribution in [3.05, 3.63) is 60.0 Å². The molecular formula is C20H23N3O3. The normalized spacial score (nSPS) is 10.7. The zero-order chi connectivity index (χ0) is 18.5. The zero-order valence-corrected chi connectivity index (χ0v) is 15.3. The molecule has 0 aliphatic heterocycles. The fourth-order valence-corrected chi connectivity index (χ4v) is 2.95. The predicted molar refractivity (Wildman–Crippen MR) is 99.5 cm³/mol. The number of hydrogen-bond donors (Lipinski definition) is 0. The second kappa shape index (κ2) is 7.91. The summed E-state index contributed by atoms with van der Waals surface area (Å²) < 4.78 is 12.6. The van der Waals surface area contributed by atoms with Crippen molar-refractivity contribution < 1.29 is 14.3 Å². The number of rotatable bonds is 7. The van der Waals surface area contributed by atoms with Crippen molar-refractivity contribution in [2.75, 3.05) is 20.8 Å². The van der Waals surface area contributed by atoms with Crippen LogP contribution in [0.15, 0.2) is 48.8 Å². The Morgan fingerprint density at radius 1 is 1.15 bits per heavy atom. The highest BCUT2D eigenvalue weighted by molar-refractivity contribution is 5.79. The van der Waals surface area contributed by atoms with Gasteiger partial charge in [0.2, 0.25) is 5.91 Å². The average Bonchev–Trinajstić information content (AvgIpc) is 3.08. The molecule has 0 saturated carbocycles. The fourth-order valence-electron chi connectivity index (χ4n) is 2.95. The maximum atomic E-state index is 12.8. The zero-order valence-electron chi connectivity index (χ0n) is 15.3. The lowest BCUT2D eigenvalue weighted by Gasteiger charge is -2.21. The molecule has 3 aromatic rings. The minimum absolute atomic E-state index is 0.0607. The summed E-state index contributed by atoms with van der Waals surface area (Å²) in [5.74, 6) is 1.34. The van der Waals surface area contributed by atoms with Gasteiger partial charge >= 0.3 is 0 Å². The molecule has 0 radical (unpaired) electrons. The number of aromatic nitrogens is 2. The Labute approximate surface area is 153 Å². The number of nitrogens with zero attached hydrogens (tertiary/aromatic N) is 3. The molecule has 26 heavy (non-hydrogen) atoms. The van der Waals surface area contributed by atoms with E-state index in [1.807, 2.05) is 65.0 Å². The van der Waals surface area contributed by atoms with Crippen LogP contribution in [0, 0.1) is 0 Å². The molecule has 2 aromatic heterocycles. The second-order valence-electron chi connectivity index (χ2n) is 5.95. The molecule has 1 aromatic carbocycles. The molecule has 0 N–H and O–H groups in total. The van der Waals surface area contributed by atoms with Crippen LogP contribution in [-0.4, -0.2) is 41.0 Å². The predicted octanol–water partition coefficient (Wildman–Crippen LogP) is 2.94. The van der Waals surface area contributed by atoms with Crippen LogP contribution >= 0.6 is 0 Å². The lowest BCUT2D eigenvalue weighted by Crippen LogP contribution is -2.32. The lowest BCUT2D eigenvalue weighted by molar-refractivity contribution is -0.130. The highest BCUT2D eigenvalue weighted by atomic mass is 16.5. The van der Waals surface area contributed by atoms with Crippen molar-refractivity contribution in [1.29, 1.82) is 0 Å². The van der Waals surface area contributed by atoms with Crippen LogP contribution in [0.4, 0.5) is 0 Å². The van der Waals surface area contributed by atoms with Crippen LogP contribution in [0.2, 0.25) is 0 Å². The monoisotopic (exact) mass is 353 g/mol. The fraction of sp³-hybridized carbons (Fsp3) is 0.300. The molecule has 6 heteroatoms. The van der Waals surface area contributed by atoms with E-state index in [4.69, 9.17) is 9.47 Å². The summed E-state index contributed by atoms with van der Waals surface area (Å²) in [6.07, 6.45) is 4.09. The van der Waals surface area contributed by atoms with Gasteiger partial charge < -0.3 is 18.8 Å². The third-order valence-corrected chi connectivity index (χ3v) is 4.38. The number of amides is 1. The summed E-state index contributed by atoms with van der Waals surface area (Å²) in [5.41, 5.74) is 2.76. The topological polar surface area (TPSA) is 56.1 Å². The van der Waals surface area contributed by atoms with E-state index in [-0.39, 0.29) is 5.91 Å². The molecular weight excluding hydrogens is 330 g/mol. The average molecular weight is 353 g/mol. The molecule has 136 valence electrons. The number of ether oxygens (including phenoxy) is 2. The highest BCUT2D eigenvalue weighted by Crippen LogP contribution is 2.28. The Hall–Kier alpha value is -3.02. The number of likely N-dealkylation sites (N-methyl/N-ethyl adjacent to an activating group) is 1. The minimum Gasteiger partial charge on any atom is -0.493 e. The summed E-state index contributed by atoms with van der Waals surface area (Å²) in [6, 6.07) is 11.4. The van der Waals surface area contributed by atoms with Gasteiger partial charge in [0.1, 0.15) is 5.65 Å². The maximum absolute atomic E-state index is 12.8. The summed E-state index contributed by atoms with van der Waals surface area (Å²) in [4.78, 5) is 19.0. The van der Waals surface area contributed by atoms with Gasteiger partial charge in [0.05, 0.1) is 39.1 Å². The second-order valence-corrected chi connectivity index (χ2v) is 5.95. The van der Waals surface area contributed by atoms with Gasteiger partial charge in [0, 0.05) is 12.7 Å². The molecule has 0 aliphatic rings. The van der Waals surface area contributed by atoms with E-state index in [1.54, 1.807) is 14.2 Å². The number of benzene rings is 1. The molecule has 0 fully saturated rings. The van der Waals surface area contributed by atoms with Gasteiger partial charge in [-0.05, 0) is 36.8 Å². The third kappa shape index (κ3) is 3.64. The summed E-state index contributed by atoms with van der Waals surface area (Å²) in [6.45, 7) is 3.13. The van der Waals surface area contributed by atoms with Gasteiger partial charge in [-0.1, -0.05) is 12.1 Å². The van der Waals surface area contributed by atoms with Crippen LogP contribution in [-0.2, 0) is 17.8 Å². The molecule has 0 spiro atoms. The number of pyridine rings is 1. The van der Waals surface area contributed by atoms with E-state index in [9.17, 15) is 4.79 Å². The summed E-state index contributed by atoms with van der Waals surface area (Å²) in [5, 5.41) is 0. The van der Waals surface area contributed by atoms with Crippen molar-refractivity contribution >= 4 is 11.6 Å². The van der Waals surface area contributed by atoms with E-state index in [2.05, 4.69) is 4.98 Å². The highest BCUT2D eigenvalue weighted by Gasteiger charge is 2.16. The number of carbonyl (C=O) groups is 1. The van der Waals surface area contributed by atoms with Crippen molar-refractivity contribution in [2.45, 2.75) is 19.9 Å². The van der Waals surface area contributed by atoms with Crippen molar-refractivity contribution in [3.8, 4) is 11.5 Å². The van der Waals surface area contributed by atoms with E-state index >= 15 is 0 Å². The standard InChI is InChI=1S/C20H23N3O3/c1-4-22(14-16-13-21-19-7-5-6-10-23(16)19)20(24)12-15-8-9-17(25-2)18(11-15)26-3/h5-11,13H,4,12,14H2,1-3H3. The lowest BCUT2D eigenvalue weighted by atomic mass is 10.1. The number of carbonyl (C=O) groups excluding carboxylic acids is 1. The van der Waals surface area contributed by atoms with E-state index in [1.165, 1.54) is 0 Å². The number of methoxy groups -OCH3 is 2. The quantitative estimate of drug-likeness (QED) is 0.655. The third-order valence-electron chi connectivity index (χ3n) is 4.38. The number of fused-ring (bicyclic) bond motifs is 1. The molecule has 0 atom stereocenters. The summed E-state index contributed by atoms with van der Waals surface area (Å²) >= 11 is 0. The molecule has 0 bridgehead atoms. The van der Waals surface area contributed by atoms with Crippen LogP contribution in [0.3, 0.4) is 0 Å². The van der Waals surface area contributed by atoms with Crippen LogP contribution < -0.4 is 9.47 Å². The Kier molecular flexibility index (Phi) is 5.41. The molecule has 0 aliphatic carbocycles. The Balaban J connectivity index is 1.75. The van der Waals surface area contributed by atoms with Crippen LogP contribution in [0.1, 0.15) is 18.2 Å². The first kappa shape index (κ1) is 17.8. The smallest absolute Gasteiger partial charge is 0.227 e. The molecule has 0 saturated heterocycles. The van der Waals surface area contributed by atoms with Gasteiger partial charge in [0.25, 0.3) is 0 Å². The van der Waals surface area contributed by atoms with Gasteiger partial charge in [-0.2, -0.15) is 0 Å². The Morgan fingerprint density at radius 3 is 2.69 bits per heavy atom. The molecule has 1 amide bonds. The number of imidazole rings is 1.